The van der Waals surface area contributed by atoms with Crippen molar-refractivity contribution in [3.63, 3.8) is 0 Å². The quantitative estimate of drug-likeness (QED) is 0.159. The summed E-state index contributed by atoms with van der Waals surface area (Å²) < 4.78 is 54.4. The number of thiophene rings is 1. The van der Waals surface area contributed by atoms with E-state index in [1.807, 2.05) is 31.2 Å². The van der Waals surface area contributed by atoms with E-state index in [0.717, 1.165) is 56.0 Å². The van der Waals surface area contributed by atoms with Gasteiger partial charge in [0.05, 0.1) is 5.39 Å². The van der Waals surface area contributed by atoms with Crippen LogP contribution < -0.4 is 10.1 Å². The number of ether oxygens (including phenoxy) is 1. The number of halogens is 4. The van der Waals surface area contributed by atoms with Crippen LogP contribution in [0.5, 0.6) is 5.75 Å². The Kier molecular flexibility index (Phi) is 7.28. The van der Waals surface area contributed by atoms with Crippen molar-refractivity contribution in [3.8, 4) is 28.3 Å². The van der Waals surface area contributed by atoms with Crippen LogP contribution in [0.25, 0.3) is 32.7 Å². The van der Waals surface area contributed by atoms with Gasteiger partial charge in [-0.1, -0.05) is 36.4 Å². The lowest BCUT2D eigenvalue weighted by atomic mass is 10.0. The van der Waals surface area contributed by atoms with E-state index in [4.69, 9.17) is 4.98 Å². The highest BCUT2D eigenvalue weighted by Gasteiger charge is 2.30. The molecule has 0 aliphatic carbocycles. The molecule has 0 fully saturated rings. The van der Waals surface area contributed by atoms with Gasteiger partial charge in [0.15, 0.2) is 5.82 Å². The van der Waals surface area contributed by atoms with Gasteiger partial charge in [-0.3, -0.25) is 0 Å². The van der Waals surface area contributed by atoms with Gasteiger partial charge in [0.2, 0.25) is 0 Å². The molecule has 0 bridgehead atoms. The number of benzene rings is 3. The number of rotatable bonds is 8. The largest absolute Gasteiger partial charge is 0.573 e. The van der Waals surface area contributed by atoms with Gasteiger partial charge in [-0.25, -0.2) is 14.4 Å². The lowest BCUT2D eigenvalue weighted by Crippen LogP contribution is -2.16. The third-order valence-electron chi connectivity index (χ3n) is 5.93. The SMILES string of the molecule is Cc1cc2c(NCCCc3ccc(-c4ccc(OC(F)(F)F)cc4)cc3)nc(-c3ccc(F)cc3)nc2s1. The Bertz CT molecular complexity index is 1530. The summed E-state index contributed by atoms with van der Waals surface area (Å²) in [6.45, 7) is 2.73. The second kappa shape index (κ2) is 10.8. The number of anilines is 1. The molecule has 0 spiro atoms. The maximum atomic E-state index is 13.4. The molecule has 5 rings (SSSR count). The Morgan fingerprint density at radius 3 is 2.13 bits per heavy atom. The van der Waals surface area contributed by atoms with E-state index in [2.05, 4.69) is 21.1 Å². The molecule has 38 heavy (non-hydrogen) atoms. The van der Waals surface area contributed by atoms with Gasteiger partial charge in [-0.05, 0) is 78.9 Å². The number of alkyl halides is 3. The van der Waals surface area contributed by atoms with Gasteiger partial charge < -0.3 is 10.1 Å². The van der Waals surface area contributed by atoms with E-state index in [1.165, 1.54) is 24.3 Å². The smallest absolute Gasteiger partial charge is 0.406 e. The first-order chi connectivity index (χ1) is 18.2. The standard InChI is InChI=1S/C29H23F4N3OS/c1-18-17-25-27(35-26(36-28(25)38-18)22-8-12-23(30)13-9-22)34-16-2-3-19-4-6-20(7-5-19)21-10-14-24(15-11-21)37-29(31,32)33/h4-15,17H,2-3,16H2,1H3,(H,34,35,36). The van der Waals surface area contributed by atoms with Crippen LogP contribution in [0.15, 0.2) is 78.9 Å². The fourth-order valence-corrected chi connectivity index (χ4v) is 5.00. The molecule has 0 saturated carbocycles. The van der Waals surface area contributed by atoms with E-state index >= 15 is 0 Å². The topological polar surface area (TPSA) is 47.0 Å². The maximum absolute atomic E-state index is 13.4. The summed E-state index contributed by atoms with van der Waals surface area (Å²) in [6.07, 6.45) is -3.00. The molecule has 0 radical (unpaired) electrons. The highest BCUT2D eigenvalue weighted by atomic mass is 32.1. The third kappa shape index (κ3) is 6.28. The average Bonchev–Trinajstić information content (AvgIpc) is 3.27. The van der Waals surface area contributed by atoms with Crippen LogP contribution in [0, 0.1) is 12.7 Å². The molecule has 0 aliphatic heterocycles. The molecule has 0 saturated heterocycles. The van der Waals surface area contributed by atoms with Crippen LogP contribution in [-0.4, -0.2) is 22.9 Å². The van der Waals surface area contributed by atoms with Crippen molar-refractivity contribution in [3.05, 3.63) is 95.1 Å². The average molecular weight is 538 g/mol. The fraction of sp³-hybridized carbons (Fsp3) is 0.172. The molecule has 2 aromatic heterocycles. The molecule has 194 valence electrons. The van der Waals surface area contributed by atoms with Crippen LogP contribution in [0.3, 0.4) is 0 Å². The van der Waals surface area contributed by atoms with Crippen molar-refractivity contribution in [2.45, 2.75) is 26.1 Å². The summed E-state index contributed by atoms with van der Waals surface area (Å²) in [5.74, 6) is 0.762. The van der Waals surface area contributed by atoms with Gasteiger partial charge in [0.1, 0.15) is 22.2 Å². The normalized spacial score (nSPS) is 11.6. The Balaban J connectivity index is 1.21. The number of hydrogen-bond acceptors (Lipinski definition) is 5. The summed E-state index contributed by atoms with van der Waals surface area (Å²) >= 11 is 1.59. The highest BCUT2D eigenvalue weighted by molar-refractivity contribution is 7.18. The first kappa shape index (κ1) is 25.7. The van der Waals surface area contributed by atoms with Crippen molar-refractivity contribution in [1.82, 2.24) is 9.97 Å². The molecule has 0 unspecified atom stereocenters. The van der Waals surface area contributed by atoms with E-state index in [9.17, 15) is 17.6 Å². The van der Waals surface area contributed by atoms with Crippen LogP contribution in [0.4, 0.5) is 23.4 Å². The van der Waals surface area contributed by atoms with E-state index in [1.54, 1.807) is 35.6 Å². The molecule has 0 atom stereocenters. The minimum absolute atomic E-state index is 0.242. The van der Waals surface area contributed by atoms with Gasteiger partial charge in [0.25, 0.3) is 0 Å². The van der Waals surface area contributed by atoms with Gasteiger partial charge in [-0.15, -0.1) is 24.5 Å². The first-order valence-corrected chi connectivity index (χ1v) is 12.8. The van der Waals surface area contributed by atoms with Crippen molar-refractivity contribution in [1.29, 1.82) is 0 Å². The minimum Gasteiger partial charge on any atom is -0.406 e. The predicted molar refractivity (Wildman–Crippen MR) is 143 cm³/mol. The fourth-order valence-electron chi connectivity index (χ4n) is 4.12. The van der Waals surface area contributed by atoms with Crippen LogP contribution in [0.2, 0.25) is 0 Å². The second-order valence-electron chi connectivity index (χ2n) is 8.78. The van der Waals surface area contributed by atoms with Gasteiger partial charge >= 0.3 is 6.36 Å². The van der Waals surface area contributed by atoms with Crippen LogP contribution >= 0.6 is 11.3 Å². The molecular weight excluding hydrogens is 514 g/mol. The summed E-state index contributed by atoms with van der Waals surface area (Å²) in [6, 6.07) is 22.0. The summed E-state index contributed by atoms with van der Waals surface area (Å²) in [5, 5.41) is 4.41. The summed E-state index contributed by atoms with van der Waals surface area (Å²) in [7, 11) is 0. The molecule has 2 heterocycles. The summed E-state index contributed by atoms with van der Waals surface area (Å²) in [5.41, 5.74) is 3.63. The summed E-state index contributed by atoms with van der Waals surface area (Å²) in [4.78, 5) is 11.4. The van der Waals surface area contributed by atoms with Gasteiger partial charge in [0, 0.05) is 17.0 Å². The Morgan fingerprint density at radius 1 is 0.842 bits per heavy atom. The number of hydrogen-bond donors (Lipinski definition) is 1. The lowest BCUT2D eigenvalue weighted by molar-refractivity contribution is -0.274. The maximum Gasteiger partial charge on any atom is 0.573 e. The second-order valence-corrected chi connectivity index (χ2v) is 10.0. The number of aromatic nitrogens is 2. The Morgan fingerprint density at radius 2 is 1.47 bits per heavy atom. The van der Waals surface area contributed by atoms with E-state index in [-0.39, 0.29) is 11.6 Å². The number of nitrogens with one attached hydrogen (secondary N) is 1. The first-order valence-electron chi connectivity index (χ1n) is 12.0. The van der Waals surface area contributed by atoms with Crippen molar-refractivity contribution >= 4 is 27.4 Å². The monoisotopic (exact) mass is 537 g/mol. The molecule has 3 aromatic carbocycles. The number of fused-ring (bicyclic) bond motifs is 1. The molecule has 4 nitrogen and oxygen atoms in total. The van der Waals surface area contributed by atoms with Crippen molar-refractivity contribution in [2.24, 2.45) is 0 Å². The highest BCUT2D eigenvalue weighted by Crippen LogP contribution is 2.31. The molecular formula is C29H23F4N3OS. The zero-order chi connectivity index (χ0) is 26.7. The minimum atomic E-state index is -4.70. The predicted octanol–water partition coefficient (Wildman–Crippen LogP) is 8.42. The zero-order valence-electron chi connectivity index (χ0n) is 20.3. The zero-order valence-corrected chi connectivity index (χ0v) is 21.2. The van der Waals surface area contributed by atoms with E-state index in [0.29, 0.717) is 12.4 Å². The van der Waals surface area contributed by atoms with Crippen LogP contribution in [0.1, 0.15) is 16.9 Å². The molecule has 0 aliphatic rings. The third-order valence-corrected chi connectivity index (χ3v) is 6.87. The molecule has 0 amide bonds. The Hall–Kier alpha value is -3.98. The van der Waals surface area contributed by atoms with Crippen molar-refractivity contribution < 1.29 is 22.3 Å². The lowest BCUT2D eigenvalue weighted by Gasteiger charge is -2.10. The Labute approximate surface area is 221 Å². The molecule has 5 aromatic rings. The number of nitrogens with zero attached hydrogens (tertiary/aromatic N) is 2. The van der Waals surface area contributed by atoms with Crippen LogP contribution in [-0.2, 0) is 6.42 Å². The van der Waals surface area contributed by atoms with Crippen molar-refractivity contribution in [2.75, 3.05) is 11.9 Å². The molecule has 1 N–H and O–H groups in total. The van der Waals surface area contributed by atoms with Gasteiger partial charge in [-0.2, -0.15) is 0 Å². The molecule has 9 heteroatoms. The van der Waals surface area contributed by atoms with E-state index < -0.39 is 6.36 Å². The number of aryl methyl sites for hydroxylation is 2.